The van der Waals surface area contributed by atoms with E-state index in [0.29, 0.717) is 16.3 Å². The maximum atomic E-state index is 13.4. The summed E-state index contributed by atoms with van der Waals surface area (Å²) in [6.45, 7) is 5.60. The maximum absolute atomic E-state index is 13.4. The summed E-state index contributed by atoms with van der Waals surface area (Å²) in [4.78, 5) is 13.2. The fourth-order valence-corrected chi connectivity index (χ4v) is 4.50. The molecule has 3 aromatic rings. The first-order valence-corrected chi connectivity index (χ1v) is 11.2. The Balaban J connectivity index is 2.09. The van der Waals surface area contributed by atoms with Gasteiger partial charge in [0.1, 0.15) is 0 Å². The highest BCUT2D eigenvalue weighted by molar-refractivity contribution is 7.93. The Bertz CT molecular complexity index is 1200. The molecule has 0 aromatic heterocycles. The van der Waals surface area contributed by atoms with Crippen LogP contribution in [0.25, 0.3) is 6.08 Å². The second kappa shape index (κ2) is 8.86. The number of nitrogens with zero attached hydrogens (tertiary/aromatic N) is 1. The lowest BCUT2D eigenvalue weighted by Gasteiger charge is -2.23. The lowest BCUT2D eigenvalue weighted by molar-refractivity contribution is -0.113. The molecule has 154 valence electrons. The van der Waals surface area contributed by atoms with Crippen LogP contribution in [-0.2, 0) is 14.8 Å². The summed E-state index contributed by atoms with van der Waals surface area (Å²) in [6, 6.07) is 18.7. The monoisotopic (exact) mass is 439 g/mol. The first-order valence-electron chi connectivity index (χ1n) is 9.35. The molecule has 0 N–H and O–H groups in total. The van der Waals surface area contributed by atoms with Crippen molar-refractivity contribution in [1.82, 2.24) is 0 Å². The van der Waals surface area contributed by atoms with Crippen LogP contribution in [-0.4, -0.2) is 14.3 Å². The van der Waals surface area contributed by atoms with Gasteiger partial charge in [0.05, 0.1) is 10.6 Å². The van der Waals surface area contributed by atoms with Crippen LogP contribution in [0.4, 0.5) is 5.69 Å². The average Bonchev–Trinajstić information content (AvgIpc) is 2.70. The third-order valence-electron chi connectivity index (χ3n) is 4.63. The van der Waals surface area contributed by atoms with Crippen LogP contribution in [0.1, 0.15) is 22.3 Å². The standard InChI is InChI=1S/C24H22ClNO3S/c1-17-5-8-20(9-6-17)10-15-24(27)26(23-16-18(2)4-7-19(23)3)30(28,29)22-13-11-21(25)12-14-22/h4-16H,1-3H3/b15-10+. The van der Waals surface area contributed by atoms with E-state index in [1.807, 2.05) is 44.2 Å². The molecule has 0 spiro atoms. The number of benzene rings is 3. The molecule has 0 fully saturated rings. The molecule has 4 nitrogen and oxygen atoms in total. The lowest BCUT2D eigenvalue weighted by Crippen LogP contribution is -2.36. The van der Waals surface area contributed by atoms with E-state index >= 15 is 0 Å². The van der Waals surface area contributed by atoms with Gasteiger partial charge in [-0.2, -0.15) is 4.31 Å². The van der Waals surface area contributed by atoms with Crippen LogP contribution in [0.5, 0.6) is 0 Å². The first kappa shape index (κ1) is 21.8. The van der Waals surface area contributed by atoms with Gasteiger partial charge in [-0.05, 0) is 73.9 Å². The third kappa shape index (κ3) is 4.81. The number of carbonyl (C=O) groups excluding carboxylic acids is 1. The molecule has 0 saturated carbocycles. The molecule has 0 heterocycles. The summed E-state index contributed by atoms with van der Waals surface area (Å²) in [5.74, 6) is -0.653. The Kier molecular flexibility index (Phi) is 6.44. The molecule has 0 atom stereocenters. The summed E-state index contributed by atoms with van der Waals surface area (Å²) in [5.41, 5.74) is 3.75. The molecule has 0 unspecified atom stereocenters. The van der Waals surface area contributed by atoms with Gasteiger partial charge in [-0.3, -0.25) is 4.79 Å². The Morgan fingerprint density at radius 2 is 1.47 bits per heavy atom. The van der Waals surface area contributed by atoms with E-state index in [1.54, 1.807) is 25.1 Å². The van der Waals surface area contributed by atoms with Gasteiger partial charge in [-0.25, -0.2) is 8.42 Å². The predicted octanol–water partition coefficient (Wildman–Crippen LogP) is 5.70. The lowest BCUT2D eigenvalue weighted by atomic mass is 10.1. The zero-order valence-electron chi connectivity index (χ0n) is 17.0. The van der Waals surface area contributed by atoms with Gasteiger partial charge in [-0.1, -0.05) is 53.6 Å². The van der Waals surface area contributed by atoms with Crippen molar-refractivity contribution in [3.05, 3.63) is 100 Å². The summed E-state index contributed by atoms with van der Waals surface area (Å²) >= 11 is 5.91. The summed E-state index contributed by atoms with van der Waals surface area (Å²) in [7, 11) is -4.15. The minimum atomic E-state index is -4.15. The summed E-state index contributed by atoms with van der Waals surface area (Å²) in [5, 5.41) is 0.415. The van der Waals surface area contributed by atoms with Gasteiger partial charge in [-0.15, -0.1) is 0 Å². The van der Waals surface area contributed by atoms with Gasteiger partial charge in [0, 0.05) is 11.1 Å². The fraction of sp³-hybridized carbons (Fsp3) is 0.125. The Hall–Kier alpha value is -2.89. The van der Waals surface area contributed by atoms with Crippen molar-refractivity contribution in [2.24, 2.45) is 0 Å². The van der Waals surface area contributed by atoms with Crippen LogP contribution in [0, 0.1) is 20.8 Å². The third-order valence-corrected chi connectivity index (χ3v) is 6.61. The smallest absolute Gasteiger partial charge is 0.268 e. The highest BCUT2D eigenvalue weighted by Crippen LogP contribution is 2.29. The van der Waals surface area contributed by atoms with Gasteiger partial charge < -0.3 is 0 Å². The average molecular weight is 440 g/mol. The van der Waals surface area contributed by atoms with Gasteiger partial charge in [0.15, 0.2) is 0 Å². The van der Waals surface area contributed by atoms with E-state index in [4.69, 9.17) is 11.6 Å². The molecule has 0 aliphatic rings. The SMILES string of the molecule is Cc1ccc(/C=C/C(=O)N(c2cc(C)ccc2C)S(=O)(=O)c2ccc(Cl)cc2)cc1. The quantitative estimate of drug-likeness (QED) is 0.479. The Morgan fingerprint density at radius 3 is 2.10 bits per heavy atom. The molecular weight excluding hydrogens is 418 g/mol. The van der Waals surface area contributed by atoms with E-state index in [-0.39, 0.29) is 4.90 Å². The normalized spacial score (nSPS) is 11.6. The largest absolute Gasteiger partial charge is 0.271 e. The molecule has 0 saturated heterocycles. The zero-order chi connectivity index (χ0) is 21.9. The van der Waals surface area contributed by atoms with Crippen molar-refractivity contribution in [2.75, 3.05) is 4.31 Å². The molecule has 0 bridgehead atoms. The van der Waals surface area contributed by atoms with E-state index in [2.05, 4.69) is 0 Å². The number of rotatable bonds is 5. The van der Waals surface area contributed by atoms with Crippen molar-refractivity contribution in [3.63, 3.8) is 0 Å². The molecule has 0 radical (unpaired) electrons. The molecule has 6 heteroatoms. The minimum Gasteiger partial charge on any atom is -0.268 e. The van der Waals surface area contributed by atoms with Crippen LogP contribution < -0.4 is 4.31 Å². The second-order valence-electron chi connectivity index (χ2n) is 7.10. The summed E-state index contributed by atoms with van der Waals surface area (Å²) in [6.07, 6.45) is 2.89. The zero-order valence-corrected chi connectivity index (χ0v) is 18.5. The number of halogens is 1. The van der Waals surface area contributed by atoms with E-state index in [1.165, 1.54) is 30.3 Å². The van der Waals surface area contributed by atoms with Crippen molar-refractivity contribution in [2.45, 2.75) is 25.7 Å². The van der Waals surface area contributed by atoms with Gasteiger partial charge >= 0.3 is 0 Å². The maximum Gasteiger partial charge on any atom is 0.271 e. The first-order chi connectivity index (χ1) is 14.2. The number of hydrogen-bond acceptors (Lipinski definition) is 3. The predicted molar refractivity (Wildman–Crippen MR) is 122 cm³/mol. The van der Waals surface area contributed by atoms with Crippen LogP contribution in [0.2, 0.25) is 5.02 Å². The van der Waals surface area contributed by atoms with Gasteiger partial charge in [0.25, 0.3) is 15.9 Å². The molecular formula is C24H22ClNO3S. The van der Waals surface area contributed by atoms with E-state index in [0.717, 1.165) is 21.0 Å². The fourth-order valence-electron chi connectivity index (χ4n) is 2.93. The number of aryl methyl sites for hydroxylation is 3. The van der Waals surface area contributed by atoms with Crippen LogP contribution in [0.3, 0.4) is 0 Å². The number of carbonyl (C=O) groups is 1. The highest BCUT2D eigenvalue weighted by Gasteiger charge is 2.31. The molecule has 1 amide bonds. The Morgan fingerprint density at radius 1 is 0.867 bits per heavy atom. The number of sulfonamides is 1. The van der Waals surface area contributed by atoms with E-state index < -0.39 is 15.9 Å². The number of amides is 1. The van der Waals surface area contributed by atoms with Crippen molar-refractivity contribution in [1.29, 1.82) is 0 Å². The topological polar surface area (TPSA) is 54.5 Å². The molecule has 0 aliphatic heterocycles. The molecule has 0 aliphatic carbocycles. The van der Waals surface area contributed by atoms with Gasteiger partial charge in [0.2, 0.25) is 0 Å². The van der Waals surface area contributed by atoms with Crippen molar-refractivity contribution < 1.29 is 13.2 Å². The Labute approximate surface area is 182 Å². The highest BCUT2D eigenvalue weighted by atomic mass is 35.5. The van der Waals surface area contributed by atoms with Crippen molar-refractivity contribution in [3.8, 4) is 0 Å². The van der Waals surface area contributed by atoms with Crippen LogP contribution >= 0.6 is 11.6 Å². The van der Waals surface area contributed by atoms with Crippen molar-refractivity contribution >= 4 is 39.3 Å². The van der Waals surface area contributed by atoms with E-state index in [9.17, 15) is 13.2 Å². The molecule has 3 aromatic carbocycles. The van der Waals surface area contributed by atoms with Crippen LogP contribution in [0.15, 0.2) is 77.7 Å². The molecule has 3 rings (SSSR count). The second-order valence-corrected chi connectivity index (χ2v) is 9.32. The number of anilines is 1. The summed E-state index contributed by atoms with van der Waals surface area (Å²) < 4.78 is 27.7. The molecule has 30 heavy (non-hydrogen) atoms. The number of hydrogen-bond donors (Lipinski definition) is 0. The minimum absolute atomic E-state index is 0.00936.